The number of nitrogens with one attached hydrogen (secondary N) is 1. The monoisotopic (exact) mass is 246 g/mol. The van der Waals surface area contributed by atoms with Gasteiger partial charge in [0.05, 0.1) is 11.9 Å². The average Bonchev–Trinajstić information content (AvgIpc) is 2.34. The van der Waals surface area contributed by atoms with E-state index in [1.54, 1.807) is 12.1 Å². The van der Waals surface area contributed by atoms with Crippen LogP contribution in [0.5, 0.6) is 11.5 Å². The van der Waals surface area contributed by atoms with Crippen molar-refractivity contribution in [3.8, 4) is 11.5 Å². The van der Waals surface area contributed by atoms with Crippen molar-refractivity contribution in [1.82, 2.24) is 0 Å². The van der Waals surface area contributed by atoms with E-state index in [0.29, 0.717) is 11.3 Å². The van der Waals surface area contributed by atoms with Crippen molar-refractivity contribution in [3.63, 3.8) is 0 Å². The number of halogens is 1. The first-order valence-corrected chi connectivity index (χ1v) is 5.22. The highest BCUT2D eigenvalue weighted by Crippen LogP contribution is 2.20. The Balaban J connectivity index is 2.05. The molecule has 0 spiro atoms. The molecule has 0 fully saturated rings. The predicted octanol–water partition coefficient (Wildman–Crippen LogP) is 2.68. The summed E-state index contributed by atoms with van der Waals surface area (Å²) in [4.78, 5) is 0. The van der Waals surface area contributed by atoms with Gasteiger partial charge < -0.3 is 10.2 Å². The molecule has 0 saturated heterocycles. The predicted molar refractivity (Wildman–Crippen MR) is 67.4 cm³/mol. The van der Waals surface area contributed by atoms with Crippen LogP contribution >= 0.6 is 0 Å². The van der Waals surface area contributed by atoms with Gasteiger partial charge in [-0.2, -0.15) is 5.10 Å². The lowest BCUT2D eigenvalue weighted by Gasteiger charge is -2.01. The van der Waals surface area contributed by atoms with Crippen molar-refractivity contribution in [2.75, 3.05) is 5.43 Å². The zero-order valence-electron chi connectivity index (χ0n) is 9.34. The fraction of sp³-hybridized carbons (Fsp3) is 0. The Morgan fingerprint density at radius 2 is 1.78 bits per heavy atom. The fourth-order valence-electron chi connectivity index (χ4n) is 1.34. The number of nitrogens with zero attached hydrogens (tertiary/aromatic N) is 1. The maximum atomic E-state index is 12.6. The highest BCUT2D eigenvalue weighted by atomic mass is 19.1. The molecule has 4 nitrogen and oxygen atoms in total. The molecule has 18 heavy (non-hydrogen) atoms. The van der Waals surface area contributed by atoms with Crippen molar-refractivity contribution >= 4 is 11.9 Å². The minimum Gasteiger partial charge on any atom is -0.508 e. The van der Waals surface area contributed by atoms with Gasteiger partial charge in [-0.05, 0) is 36.4 Å². The van der Waals surface area contributed by atoms with Crippen LogP contribution in [-0.2, 0) is 0 Å². The van der Waals surface area contributed by atoms with Gasteiger partial charge in [0.2, 0.25) is 0 Å². The van der Waals surface area contributed by atoms with Crippen LogP contribution in [0, 0.1) is 5.82 Å². The van der Waals surface area contributed by atoms with Crippen molar-refractivity contribution < 1.29 is 14.6 Å². The molecule has 0 unspecified atom stereocenters. The molecule has 0 radical (unpaired) electrons. The summed E-state index contributed by atoms with van der Waals surface area (Å²) in [6.45, 7) is 0. The first-order chi connectivity index (χ1) is 8.65. The molecular weight excluding hydrogens is 235 g/mol. The lowest BCUT2D eigenvalue weighted by molar-refractivity contribution is 0.450. The van der Waals surface area contributed by atoms with Crippen molar-refractivity contribution in [3.05, 3.63) is 53.8 Å². The second-order valence-electron chi connectivity index (χ2n) is 3.62. The SMILES string of the molecule is Oc1ccc(C=NNc2ccc(F)cc2)c(O)c1. The molecule has 3 N–H and O–H groups in total. The topological polar surface area (TPSA) is 64.9 Å². The second kappa shape index (κ2) is 5.18. The molecule has 92 valence electrons. The van der Waals surface area contributed by atoms with Gasteiger partial charge in [0.15, 0.2) is 0 Å². The van der Waals surface area contributed by atoms with E-state index in [2.05, 4.69) is 10.5 Å². The Bertz CT molecular complexity index is 568. The molecule has 0 saturated carbocycles. The van der Waals surface area contributed by atoms with E-state index in [0.717, 1.165) is 0 Å². The van der Waals surface area contributed by atoms with Crippen LogP contribution in [0.4, 0.5) is 10.1 Å². The zero-order valence-corrected chi connectivity index (χ0v) is 9.34. The maximum Gasteiger partial charge on any atom is 0.128 e. The number of benzene rings is 2. The van der Waals surface area contributed by atoms with Crippen LogP contribution in [0.3, 0.4) is 0 Å². The van der Waals surface area contributed by atoms with E-state index in [9.17, 15) is 9.50 Å². The van der Waals surface area contributed by atoms with E-state index >= 15 is 0 Å². The molecule has 0 atom stereocenters. The van der Waals surface area contributed by atoms with E-state index < -0.39 is 0 Å². The van der Waals surface area contributed by atoms with E-state index in [4.69, 9.17) is 5.11 Å². The zero-order chi connectivity index (χ0) is 13.0. The van der Waals surface area contributed by atoms with Gasteiger partial charge in [-0.1, -0.05) is 0 Å². The minimum absolute atomic E-state index is 0.0175. The summed E-state index contributed by atoms with van der Waals surface area (Å²) in [7, 11) is 0. The van der Waals surface area contributed by atoms with E-state index in [-0.39, 0.29) is 17.3 Å². The summed E-state index contributed by atoms with van der Waals surface area (Å²) in [5.74, 6) is -0.406. The standard InChI is InChI=1S/C13H11FN2O2/c14-10-2-4-11(5-3-10)16-15-8-9-1-6-12(17)7-13(9)18/h1-8,16-18H. The quantitative estimate of drug-likeness (QED) is 0.576. The molecule has 0 aromatic heterocycles. The Morgan fingerprint density at radius 3 is 2.44 bits per heavy atom. The lowest BCUT2D eigenvalue weighted by atomic mass is 10.2. The van der Waals surface area contributed by atoms with Crippen LogP contribution in [0.2, 0.25) is 0 Å². The summed E-state index contributed by atoms with van der Waals surface area (Å²) in [6, 6.07) is 9.91. The first kappa shape index (κ1) is 11.9. The highest BCUT2D eigenvalue weighted by Gasteiger charge is 1.98. The third-order valence-electron chi connectivity index (χ3n) is 2.26. The largest absolute Gasteiger partial charge is 0.508 e. The molecule has 2 aromatic carbocycles. The summed E-state index contributed by atoms with van der Waals surface area (Å²) in [5.41, 5.74) is 3.78. The van der Waals surface area contributed by atoms with Crippen LogP contribution in [0.15, 0.2) is 47.6 Å². The normalized spacial score (nSPS) is 10.7. The van der Waals surface area contributed by atoms with Gasteiger partial charge in [-0.15, -0.1) is 0 Å². The Hall–Kier alpha value is -2.56. The summed E-state index contributed by atoms with van der Waals surface area (Å²) < 4.78 is 12.6. The highest BCUT2D eigenvalue weighted by molar-refractivity contribution is 5.84. The molecule has 0 heterocycles. The number of hydrogen-bond acceptors (Lipinski definition) is 4. The molecule has 5 heteroatoms. The third kappa shape index (κ3) is 2.98. The number of phenols is 2. The lowest BCUT2D eigenvalue weighted by Crippen LogP contribution is -1.91. The molecule has 2 rings (SSSR count). The van der Waals surface area contributed by atoms with Gasteiger partial charge in [0.1, 0.15) is 17.3 Å². The number of rotatable bonds is 3. The van der Waals surface area contributed by atoms with Gasteiger partial charge in [-0.25, -0.2) is 4.39 Å². The Kier molecular flexibility index (Phi) is 3.43. The van der Waals surface area contributed by atoms with E-state index in [1.165, 1.54) is 36.5 Å². The number of phenolic OH excluding ortho intramolecular Hbond substituents is 2. The number of aromatic hydroxyl groups is 2. The van der Waals surface area contributed by atoms with Crippen molar-refractivity contribution in [2.24, 2.45) is 5.10 Å². The molecule has 2 aromatic rings. The van der Waals surface area contributed by atoms with Crippen LogP contribution in [0.25, 0.3) is 0 Å². The molecule has 0 bridgehead atoms. The van der Waals surface area contributed by atoms with Gasteiger partial charge >= 0.3 is 0 Å². The maximum absolute atomic E-state index is 12.6. The smallest absolute Gasteiger partial charge is 0.128 e. The number of anilines is 1. The van der Waals surface area contributed by atoms with Crippen molar-refractivity contribution in [2.45, 2.75) is 0 Å². The fourth-order valence-corrected chi connectivity index (χ4v) is 1.34. The average molecular weight is 246 g/mol. The van der Waals surface area contributed by atoms with Crippen LogP contribution in [0.1, 0.15) is 5.56 Å². The Morgan fingerprint density at radius 1 is 1.06 bits per heavy atom. The van der Waals surface area contributed by atoms with Crippen LogP contribution in [-0.4, -0.2) is 16.4 Å². The summed E-state index contributed by atoms with van der Waals surface area (Å²) in [6.07, 6.45) is 1.40. The number of hydrazone groups is 1. The second-order valence-corrected chi connectivity index (χ2v) is 3.62. The first-order valence-electron chi connectivity index (χ1n) is 5.22. The molecule has 0 aliphatic heterocycles. The molecule has 0 amide bonds. The van der Waals surface area contributed by atoms with Gasteiger partial charge in [-0.3, -0.25) is 5.43 Å². The van der Waals surface area contributed by atoms with E-state index in [1.807, 2.05) is 0 Å². The molecular formula is C13H11FN2O2. The van der Waals surface area contributed by atoms with Crippen LogP contribution < -0.4 is 5.43 Å². The number of hydrogen-bond donors (Lipinski definition) is 3. The Labute approximate surface area is 103 Å². The van der Waals surface area contributed by atoms with Crippen molar-refractivity contribution in [1.29, 1.82) is 0 Å². The van der Waals surface area contributed by atoms with Gasteiger partial charge in [0.25, 0.3) is 0 Å². The summed E-state index contributed by atoms with van der Waals surface area (Å²) in [5, 5.41) is 22.5. The minimum atomic E-state index is -0.319. The molecule has 0 aliphatic carbocycles. The molecule has 0 aliphatic rings. The third-order valence-corrected chi connectivity index (χ3v) is 2.26. The van der Waals surface area contributed by atoms with Gasteiger partial charge in [0, 0.05) is 11.6 Å². The summed E-state index contributed by atoms with van der Waals surface area (Å²) >= 11 is 0.